The van der Waals surface area contributed by atoms with E-state index in [0.29, 0.717) is 6.54 Å². The number of aryl methyl sites for hydroxylation is 2. The molecule has 0 aliphatic heterocycles. The molecular weight excluding hydrogens is 228 g/mol. The molecule has 0 saturated heterocycles. The smallest absolute Gasteiger partial charge is 0.234 e. The normalized spacial score (nSPS) is 9.78. The van der Waals surface area contributed by atoms with Gasteiger partial charge in [-0.3, -0.25) is 9.48 Å². The molecule has 0 aromatic carbocycles. The lowest BCUT2D eigenvalue weighted by atomic mass is 10.2. The van der Waals surface area contributed by atoms with Gasteiger partial charge in [0, 0.05) is 6.54 Å². The third kappa shape index (κ3) is 3.60. The number of hydrogen-bond acceptors (Lipinski definition) is 3. The molecule has 0 saturated carbocycles. The predicted molar refractivity (Wildman–Crippen MR) is 70.9 cm³/mol. The highest BCUT2D eigenvalue weighted by molar-refractivity contribution is 5.77. The Morgan fingerprint density at radius 2 is 2.22 bits per heavy atom. The Kier molecular flexibility index (Phi) is 5.40. The molecule has 5 heteroatoms. The summed E-state index contributed by atoms with van der Waals surface area (Å²) in [5, 5.41) is 7.05. The van der Waals surface area contributed by atoms with Crippen molar-refractivity contribution in [3.05, 3.63) is 17.0 Å². The van der Waals surface area contributed by atoms with E-state index < -0.39 is 0 Å². The molecule has 1 aromatic rings. The van der Waals surface area contributed by atoms with Gasteiger partial charge in [-0.25, -0.2) is 0 Å². The van der Waals surface area contributed by atoms with E-state index in [0.717, 1.165) is 29.9 Å². The van der Waals surface area contributed by atoms with Crippen LogP contribution in [-0.2, 0) is 11.3 Å². The van der Waals surface area contributed by atoms with E-state index >= 15 is 0 Å². The Bertz CT molecular complexity index is 479. The Labute approximate surface area is 108 Å². The molecular formula is C13H20N4O. The number of nitrogens with one attached hydrogen (secondary N) is 1. The fraction of sp³-hybridized carbons (Fsp3) is 0.538. The van der Waals surface area contributed by atoms with Crippen LogP contribution >= 0.6 is 0 Å². The molecule has 1 aromatic heterocycles. The van der Waals surface area contributed by atoms with Gasteiger partial charge in [-0.05, 0) is 20.3 Å². The summed E-state index contributed by atoms with van der Waals surface area (Å²) in [5.74, 6) is 5.77. The van der Waals surface area contributed by atoms with Gasteiger partial charge in [-0.1, -0.05) is 18.8 Å². The summed E-state index contributed by atoms with van der Waals surface area (Å²) in [6, 6.07) is 0. The molecule has 0 atom stereocenters. The van der Waals surface area contributed by atoms with Gasteiger partial charge in [0.1, 0.15) is 0 Å². The highest BCUT2D eigenvalue weighted by Gasteiger charge is 2.08. The van der Waals surface area contributed by atoms with E-state index in [2.05, 4.69) is 29.2 Å². The summed E-state index contributed by atoms with van der Waals surface area (Å²) in [5.41, 5.74) is 8.13. The second-order valence-electron chi connectivity index (χ2n) is 4.05. The van der Waals surface area contributed by atoms with E-state index in [1.165, 1.54) is 0 Å². The molecule has 1 amide bonds. The van der Waals surface area contributed by atoms with Gasteiger partial charge in [0.15, 0.2) is 0 Å². The number of aromatic nitrogens is 2. The van der Waals surface area contributed by atoms with Crippen LogP contribution in [0.2, 0.25) is 0 Å². The molecule has 0 unspecified atom stereocenters. The van der Waals surface area contributed by atoms with E-state index in [-0.39, 0.29) is 12.5 Å². The molecule has 98 valence electrons. The van der Waals surface area contributed by atoms with Crippen LogP contribution in [0.25, 0.3) is 0 Å². The Morgan fingerprint density at radius 3 is 2.83 bits per heavy atom. The van der Waals surface area contributed by atoms with Crippen molar-refractivity contribution in [2.24, 2.45) is 5.73 Å². The average Bonchev–Trinajstić information content (AvgIpc) is 2.61. The topological polar surface area (TPSA) is 72.9 Å². The molecule has 1 rings (SSSR count). The third-order valence-electron chi connectivity index (χ3n) is 2.59. The zero-order valence-corrected chi connectivity index (χ0v) is 11.2. The Balaban J connectivity index is 2.73. The molecule has 0 aliphatic rings. The van der Waals surface area contributed by atoms with Crippen LogP contribution in [0.3, 0.4) is 0 Å². The first-order valence-electron chi connectivity index (χ1n) is 6.09. The molecule has 0 bridgehead atoms. The van der Waals surface area contributed by atoms with Gasteiger partial charge >= 0.3 is 0 Å². The second kappa shape index (κ2) is 6.82. The molecule has 0 aliphatic carbocycles. The first kappa shape index (κ1) is 14.3. The lowest BCUT2D eigenvalue weighted by Gasteiger charge is -2.00. The number of rotatable bonds is 4. The molecule has 0 spiro atoms. The minimum atomic E-state index is -0.195. The van der Waals surface area contributed by atoms with E-state index in [1.54, 1.807) is 0 Å². The van der Waals surface area contributed by atoms with Crippen LogP contribution < -0.4 is 11.1 Å². The van der Waals surface area contributed by atoms with Crippen LogP contribution in [0.5, 0.6) is 0 Å². The van der Waals surface area contributed by atoms with Crippen molar-refractivity contribution >= 4 is 5.91 Å². The predicted octanol–water partition coefficient (Wildman–Crippen LogP) is 0.336. The average molecular weight is 248 g/mol. The highest BCUT2D eigenvalue weighted by Crippen LogP contribution is 2.11. The first-order valence-corrected chi connectivity index (χ1v) is 6.09. The first-order chi connectivity index (χ1) is 8.60. The SMILES string of the molecule is CCCn1nc(C)c(C#CCNC(=O)CN)c1C. The number of nitrogens with two attached hydrogens (primary N) is 1. The van der Waals surface area contributed by atoms with Crippen LogP contribution in [0.15, 0.2) is 0 Å². The largest absolute Gasteiger partial charge is 0.344 e. The van der Waals surface area contributed by atoms with Crippen molar-refractivity contribution in [2.75, 3.05) is 13.1 Å². The summed E-state index contributed by atoms with van der Waals surface area (Å²) in [6.07, 6.45) is 1.04. The maximum atomic E-state index is 10.9. The molecule has 18 heavy (non-hydrogen) atoms. The van der Waals surface area contributed by atoms with Crippen LogP contribution in [0.1, 0.15) is 30.3 Å². The maximum absolute atomic E-state index is 10.9. The number of hydrogen-bond donors (Lipinski definition) is 2. The molecule has 5 nitrogen and oxygen atoms in total. The van der Waals surface area contributed by atoms with Crippen molar-refractivity contribution in [1.82, 2.24) is 15.1 Å². The number of carbonyl (C=O) groups excluding carboxylic acids is 1. The quantitative estimate of drug-likeness (QED) is 0.754. The Hall–Kier alpha value is -1.80. The van der Waals surface area contributed by atoms with Gasteiger partial charge in [0.2, 0.25) is 5.91 Å². The molecule has 1 heterocycles. The standard InChI is InChI=1S/C13H20N4O/c1-4-8-17-11(3)12(10(2)16-17)6-5-7-15-13(18)9-14/h4,7-9,14H2,1-3H3,(H,15,18). The lowest BCUT2D eigenvalue weighted by Crippen LogP contribution is -2.30. The fourth-order valence-electron chi connectivity index (χ4n) is 1.65. The fourth-order valence-corrected chi connectivity index (χ4v) is 1.65. The summed E-state index contributed by atoms with van der Waals surface area (Å²) >= 11 is 0. The summed E-state index contributed by atoms with van der Waals surface area (Å²) in [4.78, 5) is 10.9. The second-order valence-corrected chi connectivity index (χ2v) is 4.05. The zero-order chi connectivity index (χ0) is 13.5. The summed E-state index contributed by atoms with van der Waals surface area (Å²) < 4.78 is 1.97. The van der Waals surface area contributed by atoms with Crippen molar-refractivity contribution in [3.63, 3.8) is 0 Å². The van der Waals surface area contributed by atoms with Gasteiger partial charge in [0.25, 0.3) is 0 Å². The minimum Gasteiger partial charge on any atom is -0.344 e. The van der Waals surface area contributed by atoms with Gasteiger partial charge in [-0.2, -0.15) is 5.10 Å². The van der Waals surface area contributed by atoms with Crippen molar-refractivity contribution in [3.8, 4) is 11.8 Å². The lowest BCUT2D eigenvalue weighted by molar-refractivity contribution is -0.119. The van der Waals surface area contributed by atoms with Gasteiger partial charge in [-0.15, -0.1) is 0 Å². The van der Waals surface area contributed by atoms with Crippen molar-refractivity contribution in [2.45, 2.75) is 33.7 Å². The van der Waals surface area contributed by atoms with Gasteiger partial charge in [0.05, 0.1) is 30.0 Å². The van der Waals surface area contributed by atoms with E-state index in [9.17, 15) is 4.79 Å². The van der Waals surface area contributed by atoms with E-state index in [4.69, 9.17) is 5.73 Å². The van der Waals surface area contributed by atoms with Crippen LogP contribution in [-0.4, -0.2) is 28.8 Å². The van der Waals surface area contributed by atoms with E-state index in [1.807, 2.05) is 18.5 Å². The van der Waals surface area contributed by atoms with Crippen molar-refractivity contribution < 1.29 is 4.79 Å². The molecule has 0 fully saturated rings. The van der Waals surface area contributed by atoms with Crippen molar-refractivity contribution in [1.29, 1.82) is 0 Å². The molecule has 0 radical (unpaired) electrons. The summed E-state index contributed by atoms with van der Waals surface area (Å²) in [6.45, 7) is 7.28. The van der Waals surface area contributed by atoms with Crippen LogP contribution in [0.4, 0.5) is 0 Å². The van der Waals surface area contributed by atoms with Crippen LogP contribution in [0, 0.1) is 25.7 Å². The Morgan fingerprint density at radius 1 is 1.50 bits per heavy atom. The van der Waals surface area contributed by atoms with Gasteiger partial charge < -0.3 is 11.1 Å². The maximum Gasteiger partial charge on any atom is 0.234 e. The number of amides is 1. The molecule has 3 N–H and O–H groups in total. The third-order valence-corrected chi connectivity index (χ3v) is 2.59. The zero-order valence-electron chi connectivity index (χ0n) is 11.2. The highest BCUT2D eigenvalue weighted by atomic mass is 16.1. The minimum absolute atomic E-state index is 0.00579. The number of nitrogens with zero attached hydrogens (tertiary/aromatic N) is 2. The summed E-state index contributed by atoms with van der Waals surface area (Å²) in [7, 11) is 0. The monoisotopic (exact) mass is 248 g/mol. The number of carbonyl (C=O) groups is 1.